The highest BCUT2D eigenvalue weighted by atomic mass is 35.5. The van der Waals surface area contributed by atoms with Crippen molar-refractivity contribution < 1.29 is 14.4 Å². The minimum atomic E-state index is -0.573. The number of carbonyl (C=O) groups is 2. The van der Waals surface area contributed by atoms with Crippen LogP contribution >= 0.6 is 11.6 Å². The van der Waals surface area contributed by atoms with Gasteiger partial charge in [0, 0.05) is 17.5 Å². The summed E-state index contributed by atoms with van der Waals surface area (Å²) in [6, 6.07) is 15.0. The summed E-state index contributed by atoms with van der Waals surface area (Å²) in [4.78, 5) is 28.6. The predicted molar refractivity (Wildman–Crippen MR) is 76.5 cm³/mol. The van der Waals surface area contributed by atoms with Crippen molar-refractivity contribution >= 4 is 29.2 Å². The van der Waals surface area contributed by atoms with Gasteiger partial charge in [0.1, 0.15) is 0 Å². The van der Waals surface area contributed by atoms with E-state index in [1.54, 1.807) is 48.5 Å². The molecule has 2 aromatic rings. The summed E-state index contributed by atoms with van der Waals surface area (Å²) in [5, 5.41) is 1.49. The van der Waals surface area contributed by atoms with Crippen LogP contribution in [0.15, 0.2) is 54.6 Å². The molecule has 0 N–H and O–H groups in total. The zero-order valence-electron chi connectivity index (χ0n) is 10.7. The first kappa shape index (κ1) is 14.1. The van der Waals surface area contributed by atoms with E-state index in [2.05, 4.69) is 0 Å². The SMILES string of the molecule is CC(=O)ON(C(=O)c1ccc(Cl)cc1)c1ccccc1. The largest absolute Gasteiger partial charge is 0.333 e. The minimum absolute atomic E-state index is 0.375. The van der Waals surface area contributed by atoms with Gasteiger partial charge in [0.2, 0.25) is 0 Å². The molecule has 5 heteroatoms. The van der Waals surface area contributed by atoms with E-state index in [0.29, 0.717) is 16.3 Å². The Morgan fingerprint density at radius 1 is 1.00 bits per heavy atom. The molecule has 0 spiro atoms. The van der Waals surface area contributed by atoms with Crippen molar-refractivity contribution in [2.24, 2.45) is 0 Å². The fraction of sp³-hybridized carbons (Fsp3) is 0.0667. The predicted octanol–water partition coefficient (Wildman–Crippen LogP) is 3.46. The van der Waals surface area contributed by atoms with Crippen LogP contribution in [0.25, 0.3) is 0 Å². The first-order chi connectivity index (χ1) is 9.58. The molecule has 0 aliphatic carbocycles. The van der Waals surface area contributed by atoms with Gasteiger partial charge in [0.15, 0.2) is 0 Å². The van der Waals surface area contributed by atoms with Gasteiger partial charge < -0.3 is 4.84 Å². The van der Waals surface area contributed by atoms with E-state index >= 15 is 0 Å². The van der Waals surface area contributed by atoms with Crippen molar-refractivity contribution in [2.45, 2.75) is 6.92 Å². The lowest BCUT2D eigenvalue weighted by Gasteiger charge is -2.20. The molecular formula is C15H12ClNO3. The molecular weight excluding hydrogens is 278 g/mol. The summed E-state index contributed by atoms with van der Waals surface area (Å²) in [7, 11) is 0. The second-order valence-electron chi connectivity index (χ2n) is 4.02. The Bertz CT molecular complexity index is 611. The van der Waals surface area contributed by atoms with Crippen molar-refractivity contribution in [3.8, 4) is 0 Å². The number of halogens is 1. The molecule has 0 heterocycles. The Hall–Kier alpha value is -2.33. The van der Waals surface area contributed by atoms with Crippen LogP contribution in [0.3, 0.4) is 0 Å². The Morgan fingerprint density at radius 3 is 2.15 bits per heavy atom. The Morgan fingerprint density at radius 2 is 1.60 bits per heavy atom. The molecule has 2 aromatic carbocycles. The third-order valence-corrected chi connectivity index (χ3v) is 2.74. The lowest BCUT2D eigenvalue weighted by atomic mass is 10.2. The zero-order chi connectivity index (χ0) is 14.5. The quantitative estimate of drug-likeness (QED) is 0.795. The third kappa shape index (κ3) is 3.36. The van der Waals surface area contributed by atoms with E-state index in [9.17, 15) is 9.59 Å². The minimum Gasteiger partial charge on any atom is -0.333 e. The van der Waals surface area contributed by atoms with Crippen LogP contribution in [0.5, 0.6) is 0 Å². The highest BCUT2D eigenvalue weighted by molar-refractivity contribution is 6.30. The van der Waals surface area contributed by atoms with Crippen molar-refractivity contribution in [1.82, 2.24) is 0 Å². The molecule has 0 unspecified atom stereocenters. The number of rotatable bonds is 2. The molecule has 20 heavy (non-hydrogen) atoms. The van der Waals surface area contributed by atoms with Crippen LogP contribution in [-0.2, 0) is 9.63 Å². The van der Waals surface area contributed by atoms with Gasteiger partial charge in [-0.25, -0.2) is 4.79 Å². The number of hydroxylamine groups is 1. The van der Waals surface area contributed by atoms with Crippen LogP contribution in [0.2, 0.25) is 5.02 Å². The topological polar surface area (TPSA) is 46.6 Å². The van der Waals surface area contributed by atoms with Gasteiger partial charge in [-0.1, -0.05) is 29.8 Å². The molecule has 0 saturated carbocycles. The fourth-order valence-corrected chi connectivity index (χ4v) is 1.74. The lowest BCUT2D eigenvalue weighted by Crippen LogP contribution is -2.32. The summed E-state index contributed by atoms with van der Waals surface area (Å²) in [5.41, 5.74) is 0.849. The van der Waals surface area contributed by atoms with E-state index in [1.807, 2.05) is 6.07 Å². The van der Waals surface area contributed by atoms with Crippen molar-refractivity contribution in [2.75, 3.05) is 5.06 Å². The molecule has 0 atom stereocenters. The molecule has 0 aromatic heterocycles. The number of carbonyl (C=O) groups excluding carboxylic acids is 2. The first-order valence-electron chi connectivity index (χ1n) is 5.91. The van der Waals surface area contributed by atoms with Crippen LogP contribution < -0.4 is 5.06 Å². The number of anilines is 1. The molecule has 0 fully saturated rings. The van der Waals surface area contributed by atoms with Gasteiger partial charge in [-0.3, -0.25) is 4.79 Å². The van der Waals surface area contributed by atoms with E-state index in [1.165, 1.54) is 6.92 Å². The van der Waals surface area contributed by atoms with E-state index in [-0.39, 0.29) is 0 Å². The van der Waals surface area contributed by atoms with Gasteiger partial charge >= 0.3 is 5.97 Å². The maximum absolute atomic E-state index is 12.4. The smallest absolute Gasteiger partial charge is 0.330 e. The van der Waals surface area contributed by atoms with Gasteiger partial charge in [-0.15, -0.1) is 5.06 Å². The van der Waals surface area contributed by atoms with E-state index < -0.39 is 11.9 Å². The molecule has 0 aliphatic rings. The molecule has 0 saturated heterocycles. The van der Waals surface area contributed by atoms with Crippen LogP contribution in [0, 0.1) is 0 Å². The number of benzene rings is 2. The molecule has 0 bridgehead atoms. The average Bonchev–Trinajstić information content (AvgIpc) is 2.45. The third-order valence-electron chi connectivity index (χ3n) is 2.49. The maximum atomic E-state index is 12.4. The maximum Gasteiger partial charge on any atom is 0.330 e. The lowest BCUT2D eigenvalue weighted by molar-refractivity contribution is -0.141. The Kier molecular flexibility index (Phi) is 4.38. The average molecular weight is 290 g/mol. The zero-order valence-corrected chi connectivity index (χ0v) is 11.5. The van der Waals surface area contributed by atoms with Crippen molar-refractivity contribution in [3.63, 3.8) is 0 Å². The highest BCUT2D eigenvalue weighted by Crippen LogP contribution is 2.18. The van der Waals surface area contributed by atoms with Crippen molar-refractivity contribution in [1.29, 1.82) is 0 Å². The highest BCUT2D eigenvalue weighted by Gasteiger charge is 2.20. The summed E-state index contributed by atoms with van der Waals surface area (Å²) < 4.78 is 0. The second kappa shape index (κ2) is 6.21. The second-order valence-corrected chi connectivity index (χ2v) is 4.46. The van der Waals surface area contributed by atoms with Gasteiger partial charge in [-0.2, -0.15) is 0 Å². The number of para-hydroxylation sites is 1. The monoisotopic (exact) mass is 289 g/mol. The van der Waals surface area contributed by atoms with Gasteiger partial charge in [0.05, 0.1) is 5.69 Å². The Labute approximate surface area is 121 Å². The molecule has 4 nitrogen and oxygen atoms in total. The number of amides is 1. The molecule has 2 rings (SSSR count). The van der Waals surface area contributed by atoms with E-state index in [4.69, 9.17) is 16.4 Å². The summed E-state index contributed by atoms with van der Waals surface area (Å²) >= 11 is 5.79. The Balaban J connectivity index is 2.34. The fourth-order valence-electron chi connectivity index (χ4n) is 1.61. The molecule has 1 amide bonds. The summed E-state index contributed by atoms with van der Waals surface area (Å²) in [5.74, 6) is -1.01. The van der Waals surface area contributed by atoms with Crippen molar-refractivity contribution in [3.05, 3.63) is 65.2 Å². The number of nitrogens with zero attached hydrogens (tertiary/aromatic N) is 1. The number of hydrogen-bond donors (Lipinski definition) is 0. The van der Waals surface area contributed by atoms with E-state index in [0.717, 1.165) is 5.06 Å². The van der Waals surface area contributed by atoms with Crippen LogP contribution in [-0.4, -0.2) is 11.9 Å². The number of hydrogen-bond acceptors (Lipinski definition) is 3. The van der Waals surface area contributed by atoms with Gasteiger partial charge in [0.25, 0.3) is 5.91 Å². The molecule has 102 valence electrons. The summed E-state index contributed by atoms with van der Waals surface area (Å²) in [6.45, 7) is 1.24. The summed E-state index contributed by atoms with van der Waals surface area (Å²) in [6.07, 6.45) is 0. The first-order valence-corrected chi connectivity index (χ1v) is 6.29. The normalized spacial score (nSPS) is 9.90. The van der Waals surface area contributed by atoms with Crippen LogP contribution in [0.4, 0.5) is 5.69 Å². The molecule has 0 radical (unpaired) electrons. The molecule has 0 aliphatic heterocycles. The van der Waals surface area contributed by atoms with Crippen LogP contribution in [0.1, 0.15) is 17.3 Å². The standard InChI is InChI=1S/C15H12ClNO3/c1-11(18)20-17(14-5-3-2-4-6-14)15(19)12-7-9-13(16)10-8-12/h2-10H,1H3. The van der Waals surface area contributed by atoms with Gasteiger partial charge in [-0.05, 0) is 36.4 Å².